The van der Waals surface area contributed by atoms with E-state index in [-0.39, 0.29) is 0 Å². The Kier molecular flexibility index (Phi) is 4.55. The average molecular weight is 227 g/mol. The maximum absolute atomic E-state index is 5.11. The zero-order chi connectivity index (χ0) is 11.3. The Hall–Kier alpha value is -1.10. The van der Waals surface area contributed by atoms with Crippen molar-refractivity contribution >= 4 is 17.3 Å². The van der Waals surface area contributed by atoms with Crippen LogP contribution in [-0.2, 0) is 6.54 Å². The van der Waals surface area contributed by atoms with Gasteiger partial charge in [-0.15, -0.1) is 0 Å². The van der Waals surface area contributed by atoms with Gasteiger partial charge in [-0.3, -0.25) is 0 Å². The van der Waals surface area contributed by atoms with E-state index in [1.807, 2.05) is 13.8 Å². The average Bonchev–Trinajstić information content (AvgIpc) is 2.53. The summed E-state index contributed by atoms with van der Waals surface area (Å²) in [4.78, 5) is 0. The van der Waals surface area contributed by atoms with Crippen LogP contribution < -0.4 is 10.6 Å². The fraction of sp³-hybridized carbons (Fsp3) is 0.600. The number of thiocarbonyl (C=S) groups is 1. The van der Waals surface area contributed by atoms with Gasteiger partial charge in [-0.2, -0.15) is 0 Å². The first-order chi connectivity index (χ1) is 7.15. The fourth-order valence-electron chi connectivity index (χ4n) is 1.22. The topological polar surface area (TPSA) is 50.1 Å². The molecule has 0 saturated heterocycles. The van der Waals surface area contributed by atoms with E-state index < -0.39 is 0 Å². The van der Waals surface area contributed by atoms with Gasteiger partial charge in [-0.1, -0.05) is 12.1 Å². The third-order valence-corrected chi connectivity index (χ3v) is 2.43. The first kappa shape index (κ1) is 12.0. The molecule has 1 rings (SSSR count). The number of hydrogen-bond donors (Lipinski definition) is 2. The Labute approximate surface area is 95.4 Å². The normalized spacial score (nSPS) is 10.1. The third-order valence-electron chi connectivity index (χ3n) is 2.14. The molecule has 0 radical (unpaired) electrons. The van der Waals surface area contributed by atoms with E-state index in [4.69, 9.17) is 16.7 Å². The molecule has 84 valence electrons. The summed E-state index contributed by atoms with van der Waals surface area (Å²) >= 11 is 5.11. The summed E-state index contributed by atoms with van der Waals surface area (Å²) in [6.07, 6.45) is 1.06. The quantitative estimate of drug-likeness (QED) is 0.766. The van der Waals surface area contributed by atoms with E-state index in [1.165, 1.54) is 0 Å². The first-order valence-electron chi connectivity index (χ1n) is 5.08. The van der Waals surface area contributed by atoms with Gasteiger partial charge in [0.25, 0.3) is 0 Å². The van der Waals surface area contributed by atoms with Crippen molar-refractivity contribution in [3.8, 4) is 0 Å². The van der Waals surface area contributed by atoms with Crippen LogP contribution >= 0.6 is 12.2 Å². The standard InChI is InChI=1S/C10H17N3OS/c1-4-5-11-10(15)12-6-9-7(2)13-14-8(9)3/h4-6H2,1-3H3,(H2,11,12,15). The maximum atomic E-state index is 5.11. The highest BCUT2D eigenvalue weighted by Gasteiger charge is 2.08. The SMILES string of the molecule is CCCNC(=S)NCc1c(C)noc1C. The van der Waals surface area contributed by atoms with Gasteiger partial charge in [0.05, 0.1) is 5.69 Å². The molecule has 0 spiro atoms. The van der Waals surface area contributed by atoms with Crippen LogP contribution in [0, 0.1) is 13.8 Å². The molecule has 0 atom stereocenters. The second-order valence-electron chi connectivity index (χ2n) is 3.41. The van der Waals surface area contributed by atoms with E-state index in [0.717, 1.165) is 30.0 Å². The number of nitrogens with zero attached hydrogens (tertiary/aromatic N) is 1. The van der Waals surface area contributed by atoms with Crippen molar-refractivity contribution in [3.05, 3.63) is 17.0 Å². The fourth-order valence-corrected chi connectivity index (χ4v) is 1.40. The van der Waals surface area contributed by atoms with Gasteiger partial charge >= 0.3 is 0 Å². The molecule has 1 heterocycles. The van der Waals surface area contributed by atoms with Crippen LogP contribution in [0.25, 0.3) is 0 Å². The zero-order valence-electron chi connectivity index (χ0n) is 9.39. The summed E-state index contributed by atoms with van der Waals surface area (Å²) in [6, 6.07) is 0. The van der Waals surface area contributed by atoms with Gasteiger partial charge < -0.3 is 15.2 Å². The van der Waals surface area contributed by atoms with Crippen LogP contribution in [0.3, 0.4) is 0 Å². The summed E-state index contributed by atoms with van der Waals surface area (Å²) in [5.74, 6) is 0.846. The smallest absolute Gasteiger partial charge is 0.166 e. The molecule has 0 unspecified atom stereocenters. The summed E-state index contributed by atoms with van der Waals surface area (Å²) in [5.41, 5.74) is 1.99. The molecule has 5 heteroatoms. The van der Waals surface area contributed by atoms with Gasteiger partial charge in [-0.05, 0) is 32.5 Å². The van der Waals surface area contributed by atoms with Gasteiger partial charge in [0.2, 0.25) is 0 Å². The molecule has 15 heavy (non-hydrogen) atoms. The molecule has 0 aliphatic rings. The highest BCUT2D eigenvalue weighted by Crippen LogP contribution is 2.11. The number of rotatable bonds is 4. The molecule has 4 nitrogen and oxygen atoms in total. The molecule has 1 aromatic rings. The molecule has 2 N–H and O–H groups in total. The molecular formula is C10H17N3OS. The lowest BCUT2D eigenvalue weighted by Gasteiger charge is -2.08. The largest absolute Gasteiger partial charge is 0.363 e. The second-order valence-corrected chi connectivity index (χ2v) is 3.82. The van der Waals surface area contributed by atoms with Crippen molar-refractivity contribution < 1.29 is 4.52 Å². The van der Waals surface area contributed by atoms with Gasteiger partial charge in [-0.25, -0.2) is 0 Å². The Morgan fingerprint density at radius 1 is 1.40 bits per heavy atom. The molecule has 0 aromatic carbocycles. The van der Waals surface area contributed by atoms with Crippen LogP contribution in [0.1, 0.15) is 30.4 Å². The summed E-state index contributed by atoms with van der Waals surface area (Å²) < 4.78 is 5.06. The summed E-state index contributed by atoms with van der Waals surface area (Å²) in [6.45, 7) is 7.49. The van der Waals surface area contributed by atoms with Crippen molar-refractivity contribution in [2.75, 3.05) is 6.54 Å². The van der Waals surface area contributed by atoms with Crippen molar-refractivity contribution in [2.24, 2.45) is 0 Å². The number of aromatic nitrogens is 1. The minimum Gasteiger partial charge on any atom is -0.363 e. The van der Waals surface area contributed by atoms with Crippen molar-refractivity contribution in [3.63, 3.8) is 0 Å². The van der Waals surface area contributed by atoms with E-state index in [0.29, 0.717) is 11.7 Å². The van der Waals surface area contributed by atoms with E-state index in [1.54, 1.807) is 0 Å². The first-order valence-corrected chi connectivity index (χ1v) is 5.49. The molecule has 0 fully saturated rings. The van der Waals surface area contributed by atoms with Gasteiger partial charge in [0.1, 0.15) is 5.76 Å². The van der Waals surface area contributed by atoms with E-state index >= 15 is 0 Å². The predicted molar refractivity (Wildman–Crippen MR) is 63.7 cm³/mol. The van der Waals surface area contributed by atoms with Crippen molar-refractivity contribution in [1.82, 2.24) is 15.8 Å². The molecule has 0 aliphatic carbocycles. The van der Waals surface area contributed by atoms with Crippen LogP contribution in [0.15, 0.2) is 4.52 Å². The Bertz CT molecular complexity index is 316. The molecule has 0 saturated carbocycles. The highest BCUT2D eigenvalue weighted by molar-refractivity contribution is 7.80. The van der Waals surface area contributed by atoms with Crippen LogP contribution in [-0.4, -0.2) is 16.8 Å². The molecule has 0 aliphatic heterocycles. The van der Waals surface area contributed by atoms with Crippen LogP contribution in [0.2, 0.25) is 0 Å². The Balaban J connectivity index is 2.40. The molecule has 1 aromatic heterocycles. The lowest BCUT2D eigenvalue weighted by molar-refractivity contribution is 0.392. The second kappa shape index (κ2) is 5.70. The highest BCUT2D eigenvalue weighted by atomic mass is 32.1. The molecule has 0 amide bonds. The number of nitrogens with one attached hydrogen (secondary N) is 2. The lowest BCUT2D eigenvalue weighted by atomic mass is 10.2. The monoisotopic (exact) mass is 227 g/mol. The number of hydrogen-bond acceptors (Lipinski definition) is 3. The van der Waals surface area contributed by atoms with E-state index in [9.17, 15) is 0 Å². The minimum atomic E-state index is 0.663. The number of aryl methyl sites for hydroxylation is 2. The van der Waals surface area contributed by atoms with Crippen LogP contribution in [0.4, 0.5) is 0 Å². The van der Waals surface area contributed by atoms with E-state index in [2.05, 4.69) is 22.7 Å². The summed E-state index contributed by atoms with van der Waals surface area (Å²) in [7, 11) is 0. The van der Waals surface area contributed by atoms with Gasteiger partial charge in [0.15, 0.2) is 5.11 Å². The molecule has 0 bridgehead atoms. The van der Waals surface area contributed by atoms with Crippen molar-refractivity contribution in [2.45, 2.75) is 33.7 Å². The summed E-state index contributed by atoms with van der Waals surface area (Å²) in [5, 5.41) is 10.8. The Morgan fingerprint density at radius 2 is 2.13 bits per heavy atom. The van der Waals surface area contributed by atoms with Gasteiger partial charge in [0, 0.05) is 18.7 Å². The zero-order valence-corrected chi connectivity index (χ0v) is 10.2. The Morgan fingerprint density at radius 3 is 2.67 bits per heavy atom. The van der Waals surface area contributed by atoms with Crippen molar-refractivity contribution in [1.29, 1.82) is 0 Å². The lowest BCUT2D eigenvalue weighted by Crippen LogP contribution is -2.35. The predicted octanol–water partition coefficient (Wildman–Crippen LogP) is 1.67. The van der Waals surface area contributed by atoms with Crippen LogP contribution in [0.5, 0.6) is 0 Å². The third kappa shape index (κ3) is 3.51. The maximum Gasteiger partial charge on any atom is 0.166 e. The minimum absolute atomic E-state index is 0.663. The molecular weight excluding hydrogens is 210 g/mol.